The van der Waals surface area contributed by atoms with Crippen LogP contribution in [0.5, 0.6) is 5.75 Å². The van der Waals surface area contributed by atoms with E-state index in [0.717, 1.165) is 57.6 Å². The first-order chi connectivity index (χ1) is 15.4. The summed E-state index contributed by atoms with van der Waals surface area (Å²) in [7, 11) is 1.69. The van der Waals surface area contributed by atoms with Gasteiger partial charge >= 0.3 is 0 Å². The maximum atomic E-state index is 12.7. The Balaban J connectivity index is 1.73. The first-order valence-corrected chi connectivity index (χ1v) is 12.4. The van der Waals surface area contributed by atoms with Gasteiger partial charge in [0, 0.05) is 44.6 Å². The molecule has 2 amide bonds. The molecule has 1 atom stereocenters. The van der Waals surface area contributed by atoms with Crippen LogP contribution in [0.4, 0.5) is 0 Å². The summed E-state index contributed by atoms with van der Waals surface area (Å²) in [6.45, 7) is 13.3. The Hall–Kier alpha value is -2.08. The van der Waals surface area contributed by atoms with Crippen molar-refractivity contribution in [3.63, 3.8) is 0 Å². The maximum Gasteiger partial charge on any atom is 0.225 e. The Kier molecular flexibility index (Phi) is 11.0. The van der Waals surface area contributed by atoms with Crippen LogP contribution in [0.15, 0.2) is 24.3 Å². The molecule has 0 bridgehead atoms. The lowest BCUT2D eigenvalue weighted by Crippen LogP contribution is -2.44. The molecule has 1 heterocycles. The second-order valence-electron chi connectivity index (χ2n) is 8.80. The standard InChI is InChI=1S/C26H43N3O3/c1-6-27(7-2)26(31)23-15-18-29(19-16-23)25(30)10-9-17-28(8-3)21(4)20-22-11-13-24(32-5)14-12-22/h11-14,21,23H,6-10,15-20H2,1-5H3. The second-order valence-corrected chi connectivity index (χ2v) is 8.80. The zero-order valence-corrected chi connectivity index (χ0v) is 20.8. The molecular weight excluding hydrogens is 402 g/mol. The quantitative estimate of drug-likeness (QED) is 0.491. The molecule has 0 spiro atoms. The molecule has 6 nitrogen and oxygen atoms in total. The van der Waals surface area contributed by atoms with Gasteiger partial charge in [-0.15, -0.1) is 0 Å². The average molecular weight is 446 g/mol. The molecule has 0 radical (unpaired) electrons. The average Bonchev–Trinajstić information content (AvgIpc) is 2.82. The number of methoxy groups -OCH3 is 1. The maximum absolute atomic E-state index is 12.7. The van der Waals surface area contributed by atoms with E-state index < -0.39 is 0 Å². The molecule has 0 aromatic heterocycles. The fourth-order valence-corrected chi connectivity index (χ4v) is 4.68. The number of nitrogens with zero attached hydrogens (tertiary/aromatic N) is 3. The normalized spacial score (nSPS) is 15.6. The second kappa shape index (κ2) is 13.5. The van der Waals surface area contributed by atoms with Gasteiger partial charge in [0.15, 0.2) is 0 Å². The summed E-state index contributed by atoms with van der Waals surface area (Å²) >= 11 is 0. The minimum Gasteiger partial charge on any atom is -0.497 e. The van der Waals surface area contributed by atoms with Crippen molar-refractivity contribution >= 4 is 11.8 Å². The number of benzene rings is 1. The van der Waals surface area contributed by atoms with E-state index in [1.807, 2.05) is 35.8 Å². The predicted molar refractivity (Wildman–Crippen MR) is 130 cm³/mol. The van der Waals surface area contributed by atoms with Crippen LogP contribution >= 0.6 is 0 Å². The molecule has 180 valence electrons. The number of likely N-dealkylation sites (N-methyl/N-ethyl adjacent to an activating group) is 1. The Morgan fingerprint density at radius 1 is 1.06 bits per heavy atom. The van der Waals surface area contributed by atoms with Crippen molar-refractivity contribution in [2.45, 2.75) is 65.8 Å². The highest BCUT2D eigenvalue weighted by atomic mass is 16.5. The van der Waals surface area contributed by atoms with Crippen molar-refractivity contribution in [3.05, 3.63) is 29.8 Å². The first-order valence-electron chi connectivity index (χ1n) is 12.4. The topological polar surface area (TPSA) is 53.1 Å². The van der Waals surface area contributed by atoms with Crippen LogP contribution in [0, 0.1) is 5.92 Å². The predicted octanol–water partition coefficient (Wildman–Crippen LogP) is 3.84. The number of carbonyl (C=O) groups is 2. The lowest BCUT2D eigenvalue weighted by molar-refractivity contribution is -0.140. The zero-order chi connectivity index (χ0) is 23.5. The van der Waals surface area contributed by atoms with Gasteiger partial charge in [-0.2, -0.15) is 0 Å². The summed E-state index contributed by atoms with van der Waals surface area (Å²) in [6, 6.07) is 8.69. The van der Waals surface area contributed by atoms with E-state index in [1.165, 1.54) is 5.56 Å². The number of ether oxygens (including phenoxy) is 1. The van der Waals surface area contributed by atoms with Crippen molar-refractivity contribution < 1.29 is 14.3 Å². The Morgan fingerprint density at radius 2 is 1.69 bits per heavy atom. The lowest BCUT2D eigenvalue weighted by atomic mass is 9.95. The molecule has 0 aliphatic carbocycles. The Bertz CT molecular complexity index is 695. The largest absolute Gasteiger partial charge is 0.497 e. The molecule has 1 aliphatic rings. The molecule has 2 rings (SSSR count). The van der Waals surface area contributed by atoms with Gasteiger partial charge in [0.1, 0.15) is 5.75 Å². The van der Waals surface area contributed by atoms with Gasteiger partial charge in [-0.3, -0.25) is 9.59 Å². The minimum atomic E-state index is 0.0772. The van der Waals surface area contributed by atoms with Crippen molar-refractivity contribution in [3.8, 4) is 5.75 Å². The van der Waals surface area contributed by atoms with Crippen molar-refractivity contribution in [1.29, 1.82) is 0 Å². The molecule has 1 unspecified atom stereocenters. The highest BCUT2D eigenvalue weighted by Gasteiger charge is 2.29. The molecule has 1 fully saturated rings. The molecule has 32 heavy (non-hydrogen) atoms. The Labute approximate surface area is 194 Å². The highest BCUT2D eigenvalue weighted by Crippen LogP contribution is 2.21. The fourth-order valence-electron chi connectivity index (χ4n) is 4.68. The lowest BCUT2D eigenvalue weighted by Gasteiger charge is -2.34. The molecule has 1 aliphatic heterocycles. The van der Waals surface area contributed by atoms with Gasteiger partial charge < -0.3 is 19.4 Å². The molecule has 1 saturated heterocycles. The summed E-state index contributed by atoms with van der Waals surface area (Å²) < 4.78 is 5.24. The van der Waals surface area contributed by atoms with Crippen LogP contribution in [0.25, 0.3) is 0 Å². The van der Waals surface area contributed by atoms with E-state index in [1.54, 1.807) is 7.11 Å². The van der Waals surface area contributed by atoms with Gasteiger partial charge in [-0.05, 0) is 77.2 Å². The summed E-state index contributed by atoms with van der Waals surface area (Å²) in [5.74, 6) is 1.45. The van der Waals surface area contributed by atoms with Crippen LogP contribution in [0.3, 0.4) is 0 Å². The molecule has 1 aromatic rings. The van der Waals surface area contributed by atoms with Crippen molar-refractivity contribution in [2.75, 3.05) is 46.4 Å². The van der Waals surface area contributed by atoms with E-state index >= 15 is 0 Å². The van der Waals surface area contributed by atoms with Crippen LogP contribution in [-0.2, 0) is 16.0 Å². The molecular formula is C26H43N3O3. The number of hydrogen-bond acceptors (Lipinski definition) is 4. The van der Waals surface area contributed by atoms with Gasteiger partial charge in [0.05, 0.1) is 7.11 Å². The first kappa shape index (κ1) is 26.2. The van der Waals surface area contributed by atoms with Gasteiger partial charge in [-0.25, -0.2) is 0 Å². The number of likely N-dealkylation sites (tertiary alicyclic amines) is 1. The molecule has 6 heteroatoms. The van der Waals surface area contributed by atoms with Gasteiger partial charge in [-0.1, -0.05) is 19.1 Å². The summed E-state index contributed by atoms with van der Waals surface area (Å²) in [5, 5.41) is 0. The third kappa shape index (κ3) is 7.51. The third-order valence-electron chi connectivity index (χ3n) is 6.83. The van der Waals surface area contributed by atoms with Gasteiger partial charge in [0.25, 0.3) is 0 Å². The molecule has 0 saturated carbocycles. The van der Waals surface area contributed by atoms with Gasteiger partial charge in [0.2, 0.25) is 11.8 Å². The van der Waals surface area contributed by atoms with E-state index in [2.05, 4.69) is 30.9 Å². The number of rotatable bonds is 12. The number of hydrogen-bond donors (Lipinski definition) is 0. The van der Waals surface area contributed by atoms with E-state index in [4.69, 9.17) is 4.74 Å². The monoisotopic (exact) mass is 445 g/mol. The molecule has 1 aromatic carbocycles. The zero-order valence-electron chi connectivity index (χ0n) is 20.8. The summed E-state index contributed by atoms with van der Waals surface area (Å²) in [6.07, 6.45) is 4.03. The van der Waals surface area contributed by atoms with E-state index in [-0.39, 0.29) is 17.7 Å². The SMILES string of the molecule is CCN(CC)C(=O)C1CCN(C(=O)CCCN(CC)C(C)Cc2ccc(OC)cc2)CC1. The van der Waals surface area contributed by atoms with Crippen molar-refractivity contribution in [1.82, 2.24) is 14.7 Å². The highest BCUT2D eigenvalue weighted by molar-refractivity contribution is 5.80. The smallest absolute Gasteiger partial charge is 0.225 e. The van der Waals surface area contributed by atoms with Crippen LogP contribution < -0.4 is 4.74 Å². The summed E-state index contributed by atoms with van der Waals surface area (Å²) in [5.41, 5.74) is 1.30. The summed E-state index contributed by atoms with van der Waals surface area (Å²) in [4.78, 5) is 31.6. The van der Waals surface area contributed by atoms with E-state index in [0.29, 0.717) is 25.6 Å². The number of amides is 2. The third-order valence-corrected chi connectivity index (χ3v) is 6.83. The fraction of sp³-hybridized carbons (Fsp3) is 0.692. The van der Waals surface area contributed by atoms with Crippen LogP contribution in [0.2, 0.25) is 0 Å². The van der Waals surface area contributed by atoms with Crippen LogP contribution in [-0.4, -0.2) is 78.9 Å². The minimum absolute atomic E-state index is 0.0772. The van der Waals surface area contributed by atoms with Crippen molar-refractivity contribution in [2.24, 2.45) is 5.92 Å². The Morgan fingerprint density at radius 3 is 2.22 bits per heavy atom. The number of piperidine rings is 1. The van der Waals surface area contributed by atoms with Crippen LogP contribution in [0.1, 0.15) is 58.9 Å². The number of carbonyl (C=O) groups excluding carboxylic acids is 2. The molecule has 0 N–H and O–H groups in total. The van der Waals surface area contributed by atoms with E-state index in [9.17, 15) is 9.59 Å².